The minimum atomic E-state index is -0.582. The molecule has 0 aliphatic heterocycles. The molecule has 40 valence electrons. The average Bonchev–Trinajstić information content (AvgIpc) is 2.13. The van der Waals surface area contributed by atoms with Crippen molar-refractivity contribution in [3.63, 3.8) is 0 Å². The van der Waals surface area contributed by atoms with Crippen LogP contribution in [0.3, 0.4) is 0 Å². The first-order valence-electron chi connectivity index (χ1n) is 2.05. The molecule has 0 aromatic heterocycles. The van der Waals surface area contributed by atoms with Crippen molar-refractivity contribution < 1.29 is 0 Å². The van der Waals surface area contributed by atoms with Gasteiger partial charge in [-0.3, -0.25) is 0 Å². The van der Waals surface area contributed by atoms with Crippen LogP contribution in [0, 0.1) is 11.3 Å². The smallest absolute Gasteiger partial charge is 0.126 e. The van der Waals surface area contributed by atoms with Gasteiger partial charge in [0.05, 0.1) is 0 Å². The van der Waals surface area contributed by atoms with Crippen LogP contribution < -0.4 is 0 Å². The van der Waals surface area contributed by atoms with Crippen LogP contribution in [0.5, 0.6) is 0 Å². The van der Waals surface area contributed by atoms with Crippen molar-refractivity contribution in [3.05, 3.63) is 0 Å². The van der Waals surface area contributed by atoms with E-state index in [2.05, 4.69) is 0 Å². The Bertz CT molecular complexity index is 99.9. The monoisotopic (exact) mass is 137 g/mol. The zero-order valence-corrected chi connectivity index (χ0v) is 5.13. The second-order valence-corrected chi connectivity index (χ2v) is 3.28. The van der Waals surface area contributed by atoms with Crippen molar-refractivity contribution in [2.45, 2.75) is 10.8 Å². The molecule has 1 nitrogen and oxygen atoms in total. The number of halogens is 2. The molecule has 0 heterocycles. The van der Waals surface area contributed by atoms with Crippen molar-refractivity contribution in [3.8, 4) is 0 Å². The first kappa shape index (κ1) is 5.39. The highest BCUT2D eigenvalue weighted by Crippen LogP contribution is 2.51. The topological polar surface area (TPSA) is 23.9 Å². The summed E-state index contributed by atoms with van der Waals surface area (Å²) in [4.78, 5) is 0. The van der Waals surface area contributed by atoms with Crippen LogP contribution in [0.2, 0.25) is 0 Å². The predicted octanol–water partition coefficient (Wildman–Crippen LogP) is 1.83. The summed E-state index contributed by atoms with van der Waals surface area (Å²) in [6.07, 6.45) is 2.04. The van der Waals surface area contributed by atoms with Crippen molar-refractivity contribution >= 4 is 29.4 Å². The Morgan fingerprint density at radius 1 is 1.71 bits per heavy atom. The van der Waals surface area contributed by atoms with Crippen molar-refractivity contribution in [2.24, 2.45) is 5.92 Å². The molecule has 0 amide bonds. The molecular formula is C4H5Cl2N. The molecule has 0 saturated heterocycles. The summed E-state index contributed by atoms with van der Waals surface area (Å²) in [5.74, 6) is 0.121. The van der Waals surface area contributed by atoms with E-state index in [0.29, 0.717) is 0 Å². The zero-order chi connectivity index (χ0) is 5.49. The molecule has 0 spiro atoms. The summed E-state index contributed by atoms with van der Waals surface area (Å²) in [6.45, 7) is 0. The largest absolute Gasteiger partial charge is 0.313 e. The lowest BCUT2D eigenvalue weighted by atomic mass is 10.5. The van der Waals surface area contributed by atoms with Crippen LogP contribution in [0.4, 0.5) is 0 Å². The third-order valence-electron chi connectivity index (χ3n) is 1.08. The number of nitrogens with one attached hydrogen (secondary N) is 1. The van der Waals surface area contributed by atoms with E-state index in [-0.39, 0.29) is 5.92 Å². The second-order valence-electron chi connectivity index (χ2n) is 1.74. The van der Waals surface area contributed by atoms with Gasteiger partial charge in [-0.15, -0.1) is 23.2 Å². The highest BCUT2D eigenvalue weighted by atomic mass is 35.5. The van der Waals surface area contributed by atoms with Gasteiger partial charge in [0.2, 0.25) is 0 Å². The van der Waals surface area contributed by atoms with Crippen molar-refractivity contribution in [1.29, 1.82) is 5.41 Å². The van der Waals surface area contributed by atoms with Crippen LogP contribution in [-0.2, 0) is 0 Å². The third kappa shape index (κ3) is 0.892. The molecule has 0 aromatic rings. The molecule has 3 heteroatoms. The maximum Gasteiger partial charge on any atom is 0.126 e. The predicted molar refractivity (Wildman–Crippen MR) is 31.3 cm³/mol. The van der Waals surface area contributed by atoms with Gasteiger partial charge in [0.1, 0.15) is 4.33 Å². The first-order chi connectivity index (χ1) is 3.17. The molecule has 1 aliphatic rings. The van der Waals surface area contributed by atoms with Gasteiger partial charge in [-0.1, -0.05) is 0 Å². The van der Waals surface area contributed by atoms with E-state index in [4.69, 9.17) is 28.6 Å². The van der Waals surface area contributed by atoms with E-state index in [1.807, 2.05) is 0 Å². The van der Waals surface area contributed by atoms with Gasteiger partial charge >= 0.3 is 0 Å². The average molecular weight is 138 g/mol. The number of rotatable bonds is 1. The maximum atomic E-state index is 6.68. The molecule has 1 fully saturated rings. The second kappa shape index (κ2) is 1.36. The van der Waals surface area contributed by atoms with Gasteiger partial charge in [-0.25, -0.2) is 0 Å². The molecule has 1 N–H and O–H groups in total. The lowest BCUT2D eigenvalue weighted by molar-refractivity contribution is 1.18. The van der Waals surface area contributed by atoms with Gasteiger partial charge < -0.3 is 5.41 Å². The quantitative estimate of drug-likeness (QED) is 0.422. The molecule has 1 saturated carbocycles. The Balaban J connectivity index is 2.44. The van der Waals surface area contributed by atoms with Gasteiger partial charge in [-0.05, 0) is 6.42 Å². The molecule has 0 bridgehead atoms. The summed E-state index contributed by atoms with van der Waals surface area (Å²) >= 11 is 11.0. The van der Waals surface area contributed by atoms with E-state index in [0.717, 1.165) is 6.42 Å². The Hall–Kier alpha value is 0.250. The van der Waals surface area contributed by atoms with Gasteiger partial charge in [-0.2, -0.15) is 0 Å². The molecule has 0 aromatic carbocycles. The van der Waals surface area contributed by atoms with Crippen molar-refractivity contribution in [2.75, 3.05) is 0 Å². The SMILES string of the molecule is N=CC1CC1(Cl)Cl. The zero-order valence-electron chi connectivity index (χ0n) is 3.62. The standard InChI is InChI=1S/C4H5Cl2N/c5-4(6)1-3(4)2-7/h2-3,7H,1H2. The fourth-order valence-corrected chi connectivity index (χ4v) is 0.874. The fraction of sp³-hybridized carbons (Fsp3) is 0.750. The summed E-state index contributed by atoms with van der Waals surface area (Å²) in [5, 5.41) is 6.68. The molecule has 1 rings (SSSR count). The Kier molecular flexibility index (Phi) is 1.05. The Labute approximate surface area is 52.1 Å². The Morgan fingerprint density at radius 2 is 2.14 bits per heavy atom. The number of alkyl halides is 2. The normalized spacial score (nSPS) is 34.9. The van der Waals surface area contributed by atoms with Gasteiger partial charge in [0.15, 0.2) is 0 Å². The van der Waals surface area contributed by atoms with Crippen molar-refractivity contribution in [1.82, 2.24) is 0 Å². The first-order valence-corrected chi connectivity index (χ1v) is 2.81. The lowest BCUT2D eigenvalue weighted by Gasteiger charge is -1.86. The summed E-state index contributed by atoms with van der Waals surface area (Å²) < 4.78 is -0.582. The van der Waals surface area contributed by atoms with E-state index in [1.54, 1.807) is 0 Å². The third-order valence-corrected chi connectivity index (χ3v) is 1.94. The van der Waals surface area contributed by atoms with Crippen LogP contribution >= 0.6 is 23.2 Å². The van der Waals surface area contributed by atoms with E-state index in [1.165, 1.54) is 6.21 Å². The van der Waals surface area contributed by atoms with Crippen LogP contribution in [0.25, 0.3) is 0 Å². The Morgan fingerprint density at radius 3 is 2.14 bits per heavy atom. The van der Waals surface area contributed by atoms with E-state index < -0.39 is 4.33 Å². The van der Waals surface area contributed by atoms with Crippen LogP contribution in [-0.4, -0.2) is 10.5 Å². The molecule has 1 aliphatic carbocycles. The molecule has 1 unspecified atom stereocenters. The lowest BCUT2D eigenvalue weighted by Crippen LogP contribution is -1.88. The van der Waals surface area contributed by atoms with E-state index in [9.17, 15) is 0 Å². The number of hydrogen-bond acceptors (Lipinski definition) is 1. The van der Waals surface area contributed by atoms with Gasteiger partial charge in [0.25, 0.3) is 0 Å². The highest BCUT2D eigenvalue weighted by molar-refractivity contribution is 6.51. The molecular weight excluding hydrogens is 133 g/mol. The minimum Gasteiger partial charge on any atom is -0.313 e. The molecule has 7 heavy (non-hydrogen) atoms. The fourth-order valence-electron chi connectivity index (χ4n) is 0.415. The van der Waals surface area contributed by atoms with Crippen LogP contribution in [0.15, 0.2) is 0 Å². The van der Waals surface area contributed by atoms with E-state index >= 15 is 0 Å². The summed E-state index contributed by atoms with van der Waals surface area (Å²) in [7, 11) is 0. The van der Waals surface area contributed by atoms with Crippen LogP contribution in [0.1, 0.15) is 6.42 Å². The number of hydrogen-bond donors (Lipinski definition) is 1. The summed E-state index contributed by atoms with van der Waals surface area (Å²) in [5.41, 5.74) is 0. The minimum absolute atomic E-state index is 0.121. The molecule has 0 radical (unpaired) electrons. The highest BCUT2D eigenvalue weighted by Gasteiger charge is 2.50. The maximum absolute atomic E-state index is 6.68. The summed E-state index contributed by atoms with van der Waals surface area (Å²) in [6, 6.07) is 0. The van der Waals surface area contributed by atoms with Gasteiger partial charge in [0, 0.05) is 12.1 Å². The molecule has 1 atom stereocenters.